The van der Waals surface area contributed by atoms with E-state index < -0.39 is 5.41 Å². The summed E-state index contributed by atoms with van der Waals surface area (Å²) in [6, 6.07) is 2.25. The molecule has 0 bridgehead atoms. The lowest BCUT2D eigenvalue weighted by molar-refractivity contribution is -0.129. The van der Waals surface area contributed by atoms with Gasteiger partial charge in [0.25, 0.3) is 0 Å². The van der Waals surface area contributed by atoms with Crippen LogP contribution in [0.5, 0.6) is 0 Å². The minimum atomic E-state index is -0.755. The predicted molar refractivity (Wildman–Crippen MR) is 67.7 cm³/mol. The fraction of sp³-hybridized carbons (Fsp3) is 0.857. The van der Waals surface area contributed by atoms with E-state index in [-0.39, 0.29) is 5.91 Å². The van der Waals surface area contributed by atoms with E-state index in [0.29, 0.717) is 12.6 Å². The first-order valence-electron chi connectivity index (χ1n) is 7.08. The fourth-order valence-electron chi connectivity index (χ4n) is 2.93. The molecule has 2 rings (SSSR count). The number of hydrogen-bond donors (Lipinski definition) is 1. The molecule has 1 amide bonds. The van der Waals surface area contributed by atoms with Gasteiger partial charge < -0.3 is 10.1 Å². The van der Waals surface area contributed by atoms with Gasteiger partial charge >= 0.3 is 0 Å². The Hall–Kier alpha value is -1.08. The minimum absolute atomic E-state index is 0.0669. The van der Waals surface area contributed by atoms with Crippen molar-refractivity contribution >= 4 is 5.91 Å². The molecule has 1 saturated heterocycles. The number of hydrogen-bond acceptors (Lipinski definition) is 3. The van der Waals surface area contributed by atoms with Gasteiger partial charge in [0, 0.05) is 13.2 Å². The van der Waals surface area contributed by atoms with E-state index >= 15 is 0 Å². The van der Waals surface area contributed by atoms with Crippen molar-refractivity contribution in [2.75, 3.05) is 13.2 Å². The minimum Gasteiger partial charge on any atom is -0.378 e. The Kier molecular flexibility index (Phi) is 4.60. The van der Waals surface area contributed by atoms with E-state index in [0.717, 1.165) is 58.0 Å². The normalized spacial score (nSPS) is 26.5. The van der Waals surface area contributed by atoms with Crippen LogP contribution in [0.3, 0.4) is 0 Å². The molecule has 0 aromatic rings. The fourth-order valence-corrected chi connectivity index (χ4v) is 2.93. The summed E-state index contributed by atoms with van der Waals surface area (Å²) < 4.78 is 5.52. The van der Waals surface area contributed by atoms with Gasteiger partial charge in [-0.25, -0.2) is 0 Å². The molecule has 18 heavy (non-hydrogen) atoms. The quantitative estimate of drug-likeness (QED) is 0.831. The number of nitrogens with one attached hydrogen (secondary N) is 1. The van der Waals surface area contributed by atoms with Gasteiger partial charge in [-0.3, -0.25) is 4.79 Å². The van der Waals surface area contributed by atoms with Crippen LogP contribution >= 0.6 is 0 Å². The smallest absolute Gasteiger partial charge is 0.240 e. The lowest BCUT2D eigenvalue weighted by atomic mass is 9.74. The number of carbonyl (C=O) groups is 1. The van der Waals surface area contributed by atoms with E-state index in [9.17, 15) is 10.1 Å². The number of rotatable bonds is 4. The Morgan fingerprint density at radius 3 is 2.72 bits per heavy atom. The predicted octanol–water partition coefficient (Wildman–Crippen LogP) is 2.15. The third-order valence-corrected chi connectivity index (χ3v) is 4.13. The van der Waals surface area contributed by atoms with Gasteiger partial charge in [0.1, 0.15) is 5.41 Å². The molecule has 100 valence electrons. The van der Waals surface area contributed by atoms with Gasteiger partial charge in [0.05, 0.1) is 12.2 Å². The van der Waals surface area contributed by atoms with Gasteiger partial charge in [-0.1, -0.05) is 19.3 Å². The molecule has 0 aromatic heterocycles. The second-order valence-corrected chi connectivity index (χ2v) is 5.43. The highest BCUT2D eigenvalue weighted by Gasteiger charge is 2.39. The van der Waals surface area contributed by atoms with Crippen LogP contribution in [-0.4, -0.2) is 25.2 Å². The van der Waals surface area contributed by atoms with E-state index in [2.05, 4.69) is 11.4 Å². The first-order valence-corrected chi connectivity index (χ1v) is 7.08. The molecule has 1 N–H and O–H groups in total. The number of amides is 1. The molecule has 0 aromatic carbocycles. The van der Waals surface area contributed by atoms with E-state index in [1.165, 1.54) is 0 Å². The molecule has 2 aliphatic rings. The summed E-state index contributed by atoms with van der Waals surface area (Å²) in [7, 11) is 0. The molecular weight excluding hydrogens is 228 g/mol. The Balaban J connectivity index is 1.77. The van der Waals surface area contributed by atoms with Crippen molar-refractivity contribution in [2.45, 2.75) is 57.5 Å². The summed E-state index contributed by atoms with van der Waals surface area (Å²) in [5, 5.41) is 12.2. The second-order valence-electron chi connectivity index (χ2n) is 5.43. The average molecular weight is 250 g/mol. The number of carbonyl (C=O) groups excluding carboxylic acids is 1. The monoisotopic (exact) mass is 250 g/mol. The highest BCUT2D eigenvalue weighted by atomic mass is 16.5. The van der Waals surface area contributed by atoms with Crippen LogP contribution in [0.15, 0.2) is 0 Å². The molecular formula is C14H22N2O2. The topological polar surface area (TPSA) is 62.1 Å². The molecule has 0 radical (unpaired) electrons. The summed E-state index contributed by atoms with van der Waals surface area (Å²) in [4.78, 5) is 12.2. The van der Waals surface area contributed by atoms with E-state index in [1.807, 2.05) is 0 Å². The van der Waals surface area contributed by atoms with Crippen molar-refractivity contribution in [1.82, 2.24) is 5.32 Å². The second kappa shape index (κ2) is 6.19. The van der Waals surface area contributed by atoms with E-state index in [1.54, 1.807) is 0 Å². The number of nitriles is 1. The van der Waals surface area contributed by atoms with Gasteiger partial charge in [0.15, 0.2) is 0 Å². The zero-order valence-corrected chi connectivity index (χ0v) is 10.9. The number of ether oxygens (including phenoxy) is 1. The highest BCUT2D eigenvalue weighted by Crippen LogP contribution is 2.35. The number of nitrogens with zero attached hydrogens (tertiary/aromatic N) is 1. The van der Waals surface area contributed by atoms with Crippen molar-refractivity contribution in [3.05, 3.63) is 0 Å². The van der Waals surface area contributed by atoms with Crippen LogP contribution in [0, 0.1) is 16.7 Å². The van der Waals surface area contributed by atoms with Crippen LogP contribution in [0.25, 0.3) is 0 Å². The van der Waals surface area contributed by atoms with E-state index in [4.69, 9.17) is 4.74 Å². The maximum absolute atomic E-state index is 12.2. The lowest BCUT2D eigenvalue weighted by Gasteiger charge is -2.29. The Morgan fingerprint density at radius 1 is 1.33 bits per heavy atom. The molecule has 2 fully saturated rings. The van der Waals surface area contributed by atoms with Crippen LogP contribution < -0.4 is 5.32 Å². The Morgan fingerprint density at radius 2 is 2.11 bits per heavy atom. The van der Waals surface area contributed by atoms with Gasteiger partial charge in [-0.05, 0) is 32.1 Å². The zero-order valence-electron chi connectivity index (χ0n) is 10.9. The van der Waals surface area contributed by atoms with Crippen LogP contribution in [0.2, 0.25) is 0 Å². The standard InChI is InChI=1S/C14H22N2O2/c15-11-14(7-2-1-3-8-14)13(17)16-9-6-12-5-4-10-18-12/h12H,1-10H2,(H,16,17). The molecule has 4 nitrogen and oxygen atoms in total. The largest absolute Gasteiger partial charge is 0.378 e. The van der Waals surface area contributed by atoms with Crippen LogP contribution in [-0.2, 0) is 9.53 Å². The molecule has 1 unspecified atom stereocenters. The van der Waals surface area contributed by atoms with Crippen LogP contribution in [0.1, 0.15) is 51.4 Å². The van der Waals surface area contributed by atoms with Crippen molar-refractivity contribution in [1.29, 1.82) is 5.26 Å². The maximum atomic E-state index is 12.2. The van der Waals surface area contributed by atoms with Crippen LogP contribution in [0.4, 0.5) is 0 Å². The highest BCUT2D eigenvalue weighted by molar-refractivity contribution is 5.85. The third kappa shape index (κ3) is 3.02. The molecule has 1 heterocycles. The van der Waals surface area contributed by atoms with Gasteiger partial charge in [0.2, 0.25) is 5.91 Å². The maximum Gasteiger partial charge on any atom is 0.240 e. The summed E-state index contributed by atoms with van der Waals surface area (Å²) in [5.74, 6) is -0.0669. The van der Waals surface area contributed by atoms with Crippen molar-refractivity contribution in [2.24, 2.45) is 5.41 Å². The molecule has 1 atom stereocenters. The first kappa shape index (κ1) is 13.4. The first-order chi connectivity index (χ1) is 8.77. The van der Waals surface area contributed by atoms with Crippen molar-refractivity contribution in [3.63, 3.8) is 0 Å². The van der Waals surface area contributed by atoms with Gasteiger partial charge in [-0.15, -0.1) is 0 Å². The molecule has 1 saturated carbocycles. The van der Waals surface area contributed by atoms with Crippen molar-refractivity contribution in [3.8, 4) is 6.07 Å². The van der Waals surface area contributed by atoms with Gasteiger partial charge in [-0.2, -0.15) is 5.26 Å². The molecule has 4 heteroatoms. The summed E-state index contributed by atoms with van der Waals surface area (Å²) in [5.41, 5.74) is -0.755. The SMILES string of the molecule is N#CC1(C(=O)NCCC2CCCO2)CCCCC1. The summed E-state index contributed by atoms with van der Waals surface area (Å²) >= 11 is 0. The van der Waals surface area contributed by atoms with Crippen molar-refractivity contribution < 1.29 is 9.53 Å². The molecule has 1 aliphatic heterocycles. The lowest BCUT2D eigenvalue weighted by Crippen LogP contribution is -2.42. The zero-order chi connectivity index (χ0) is 12.8. The summed E-state index contributed by atoms with van der Waals surface area (Å²) in [6.45, 7) is 1.48. The molecule has 0 spiro atoms. The Labute approximate surface area is 109 Å². The molecule has 1 aliphatic carbocycles. The summed E-state index contributed by atoms with van der Waals surface area (Å²) in [6.07, 6.45) is 7.96. The Bertz CT molecular complexity index is 323. The average Bonchev–Trinajstić information content (AvgIpc) is 2.92. The third-order valence-electron chi connectivity index (χ3n) is 4.13.